The second-order valence-corrected chi connectivity index (χ2v) is 11.4. The molecule has 6 rings (SSSR count). The maximum absolute atomic E-state index is 9.49. The number of anilines is 2. The highest BCUT2D eigenvalue weighted by Crippen LogP contribution is 2.44. The predicted molar refractivity (Wildman–Crippen MR) is 142 cm³/mol. The van der Waals surface area contributed by atoms with Gasteiger partial charge in [-0.2, -0.15) is 5.26 Å². The summed E-state index contributed by atoms with van der Waals surface area (Å²) in [5.74, 6) is 0. The van der Waals surface area contributed by atoms with Crippen LogP contribution in [0.2, 0.25) is 5.54 Å². The van der Waals surface area contributed by atoms with Gasteiger partial charge in [0.15, 0.2) is 0 Å². The number of hydrogen-bond donors (Lipinski definition) is 0. The van der Waals surface area contributed by atoms with Crippen LogP contribution in [-0.2, 0) is 0 Å². The molecule has 3 unspecified atom stereocenters. The SMILES string of the molecule is N#CC1=CC=NC(c2ccccc2N2c3ccccc3[Si](c3ccccc3)C3C=CC=CC32)C1. The van der Waals surface area contributed by atoms with Gasteiger partial charge in [-0.15, -0.1) is 0 Å². The summed E-state index contributed by atoms with van der Waals surface area (Å²) in [4.78, 5) is 7.29. The molecule has 0 fully saturated rings. The summed E-state index contributed by atoms with van der Waals surface area (Å²) in [5.41, 5.74) is 4.82. The normalized spacial score (nSPS) is 23.1. The second kappa shape index (κ2) is 8.77. The van der Waals surface area contributed by atoms with Crippen molar-refractivity contribution in [2.24, 2.45) is 4.99 Å². The van der Waals surface area contributed by atoms with E-state index in [1.165, 1.54) is 27.3 Å². The van der Waals surface area contributed by atoms with Crippen molar-refractivity contribution >= 4 is 36.8 Å². The molecule has 0 N–H and O–H groups in total. The number of para-hydroxylation sites is 2. The number of dihydropyridines is 1. The first-order valence-corrected chi connectivity index (χ1v) is 13.3. The number of rotatable bonds is 3. The van der Waals surface area contributed by atoms with Gasteiger partial charge in [-0.3, -0.25) is 4.99 Å². The van der Waals surface area contributed by atoms with Gasteiger partial charge in [0.2, 0.25) is 0 Å². The van der Waals surface area contributed by atoms with Crippen LogP contribution in [0.4, 0.5) is 11.4 Å². The lowest BCUT2D eigenvalue weighted by molar-refractivity contribution is 0.708. The lowest BCUT2D eigenvalue weighted by Crippen LogP contribution is -2.58. The molecule has 3 aromatic carbocycles. The minimum absolute atomic E-state index is 0.0506. The molecule has 1 radical (unpaired) electrons. The number of nitrogens with zero attached hydrogens (tertiary/aromatic N) is 3. The maximum Gasteiger partial charge on any atom is 0.133 e. The van der Waals surface area contributed by atoms with E-state index in [9.17, 15) is 5.26 Å². The summed E-state index contributed by atoms with van der Waals surface area (Å²) in [7, 11) is -1.03. The lowest BCUT2D eigenvalue weighted by atomic mass is 9.94. The molecular formula is C30H24N3Si. The van der Waals surface area contributed by atoms with Crippen LogP contribution >= 0.6 is 0 Å². The lowest BCUT2D eigenvalue weighted by Gasteiger charge is -2.47. The van der Waals surface area contributed by atoms with Crippen molar-refractivity contribution in [1.82, 2.24) is 0 Å². The molecule has 1 aliphatic carbocycles. The van der Waals surface area contributed by atoms with Gasteiger partial charge < -0.3 is 4.90 Å². The minimum atomic E-state index is -1.03. The van der Waals surface area contributed by atoms with Gasteiger partial charge in [0.25, 0.3) is 0 Å². The molecular weight excluding hydrogens is 430 g/mol. The third-order valence-electron chi connectivity index (χ3n) is 6.93. The van der Waals surface area contributed by atoms with Crippen molar-refractivity contribution < 1.29 is 0 Å². The Labute approximate surface area is 202 Å². The summed E-state index contributed by atoms with van der Waals surface area (Å²) in [5, 5.41) is 12.4. The third-order valence-corrected chi connectivity index (χ3v) is 10.1. The fourth-order valence-corrected chi connectivity index (χ4v) is 8.71. The van der Waals surface area contributed by atoms with E-state index in [-0.39, 0.29) is 12.1 Å². The highest BCUT2D eigenvalue weighted by atomic mass is 28.3. The van der Waals surface area contributed by atoms with E-state index in [0.29, 0.717) is 12.0 Å². The molecule has 0 amide bonds. The molecule has 3 atom stereocenters. The quantitative estimate of drug-likeness (QED) is 0.505. The van der Waals surface area contributed by atoms with Gasteiger partial charge in [0, 0.05) is 40.7 Å². The molecule has 3 aliphatic rings. The Morgan fingerprint density at radius 3 is 2.44 bits per heavy atom. The van der Waals surface area contributed by atoms with Crippen molar-refractivity contribution in [3.8, 4) is 6.07 Å². The zero-order valence-electron chi connectivity index (χ0n) is 18.8. The van der Waals surface area contributed by atoms with Crippen LogP contribution in [0.15, 0.2) is 120 Å². The highest BCUT2D eigenvalue weighted by molar-refractivity contribution is 6.88. The van der Waals surface area contributed by atoms with Crippen molar-refractivity contribution in [3.63, 3.8) is 0 Å². The smallest absolute Gasteiger partial charge is 0.133 e. The van der Waals surface area contributed by atoms with E-state index in [2.05, 4.69) is 114 Å². The van der Waals surface area contributed by atoms with Crippen LogP contribution in [0, 0.1) is 11.3 Å². The van der Waals surface area contributed by atoms with Crippen LogP contribution < -0.4 is 15.3 Å². The van der Waals surface area contributed by atoms with Crippen molar-refractivity contribution in [2.75, 3.05) is 4.90 Å². The molecule has 3 nitrogen and oxygen atoms in total. The van der Waals surface area contributed by atoms with Gasteiger partial charge in [-0.25, -0.2) is 0 Å². The number of aliphatic imine (C=N–C) groups is 1. The first kappa shape index (κ1) is 20.6. The summed E-state index contributed by atoms with van der Waals surface area (Å²) in [6.07, 6.45) is 13.4. The molecule has 0 saturated heterocycles. The minimum Gasteiger partial charge on any atom is -0.334 e. The maximum atomic E-state index is 9.49. The van der Waals surface area contributed by atoms with E-state index >= 15 is 0 Å². The zero-order valence-corrected chi connectivity index (χ0v) is 19.8. The molecule has 0 saturated carbocycles. The fourth-order valence-electron chi connectivity index (χ4n) is 5.44. The molecule has 0 spiro atoms. The Balaban J connectivity index is 1.53. The van der Waals surface area contributed by atoms with Gasteiger partial charge in [-0.1, -0.05) is 96.2 Å². The third kappa shape index (κ3) is 3.46. The topological polar surface area (TPSA) is 39.4 Å². The van der Waals surface area contributed by atoms with E-state index in [1.807, 2.05) is 6.08 Å². The van der Waals surface area contributed by atoms with Crippen LogP contribution in [0.5, 0.6) is 0 Å². The van der Waals surface area contributed by atoms with E-state index in [0.717, 1.165) is 5.57 Å². The monoisotopic (exact) mass is 454 g/mol. The van der Waals surface area contributed by atoms with Crippen LogP contribution in [0.25, 0.3) is 0 Å². The van der Waals surface area contributed by atoms with Crippen molar-refractivity contribution in [2.45, 2.75) is 24.0 Å². The molecule has 3 aromatic rings. The van der Waals surface area contributed by atoms with Crippen molar-refractivity contribution in [1.29, 1.82) is 5.26 Å². The van der Waals surface area contributed by atoms with E-state index < -0.39 is 8.80 Å². The fraction of sp³-hybridized carbons (Fsp3) is 0.133. The summed E-state index contributed by atoms with van der Waals surface area (Å²) < 4.78 is 0. The average molecular weight is 455 g/mol. The van der Waals surface area contributed by atoms with Gasteiger partial charge in [0.1, 0.15) is 8.80 Å². The van der Waals surface area contributed by atoms with Gasteiger partial charge in [-0.05, 0) is 23.4 Å². The summed E-state index contributed by atoms with van der Waals surface area (Å²) >= 11 is 0. The summed E-state index contributed by atoms with van der Waals surface area (Å²) in [6, 6.07) is 31.0. The molecule has 0 aromatic heterocycles. The average Bonchev–Trinajstić information content (AvgIpc) is 2.92. The number of nitriles is 1. The molecule has 4 heteroatoms. The molecule has 0 bridgehead atoms. The van der Waals surface area contributed by atoms with Crippen LogP contribution in [-0.4, -0.2) is 21.1 Å². The number of allylic oxidation sites excluding steroid dienone is 3. The Hall–Kier alpha value is -3.94. The number of fused-ring (bicyclic) bond motifs is 2. The molecule has 2 heterocycles. The van der Waals surface area contributed by atoms with E-state index in [4.69, 9.17) is 4.99 Å². The van der Waals surface area contributed by atoms with Gasteiger partial charge in [0.05, 0.1) is 18.2 Å². The Morgan fingerprint density at radius 1 is 0.853 bits per heavy atom. The predicted octanol–water partition coefficient (Wildman–Crippen LogP) is 5.28. The molecule has 2 aliphatic heterocycles. The molecule has 34 heavy (non-hydrogen) atoms. The number of hydrogen-bond acceptors (Lipinski definition) is 3. The Morgan fingerprint density at radius 2 is 1.59 bits per heavy atom. The zero-order chi connectivity index (χ0) is 22.9. The van der Waals surface area contributed by atoms with Gasteiger partial charge >= 0.3 is 0 Å². The number of benzene rings is 3. The standard InChI is InChI=1S/C30H24N3Si/c31-21-22-18-19-32-25(20-22)24-12-4-5-13-26(24)33-27-14-6-8-16-29(27)34(23-10-2-1-3-11-23)30-17-9-7-15-28(30)33/h1-19,25,27,29H,20H2. The Bertz CT molecular complexity index is 1380. The second-order valence-electron chi connectivity index (χ2n) is 8.83. The first-order valence-electron chi connectivity index (χ1n) is 11.7. The van der Waals surface area contributed by atoms with Crippen LogP contribution in [0.3, 0.4) is 0 Å². The highest BCUT2D eigenvalue weighted by Gasteiger charge is 2.42. The van der Waals surface area contributed by atoms with E-state index in [1.54, 1.807) is 6.21 Å². The van der Waals surface area contributed by atoms with Crippen molar-refractivity contribution in [3.05, 3.63) is 120 Å². The Kier molecular flexibility index (Phi) is 5.33. The largest absolute Gasteiger partial charge is 0.334 e. The molecule has 163 valence electrons. The summed E-state index contributed by atoms with van der Waals surface area (Å²) in [6.45, 7) is 0. The van der Waals surface area contributed by atoms with Crippen LogP contribution in [0.1, 0.15) is 18.0 Å². The first-order chi connectivity index (χ1) is 16.8.